The van der Waals surface area contributed by atoms with Crippen molar-refractivity contribution in [3.63, 3.8) is 0 Å². The summed E-state index contributed by atoms with van der Waals surface area (Å²) in [5, 5.41) is 0. The van der Waals surface area contributed by atoms with E-state index in [1.54, 1.807) is 0 Å². The number of hydrogen-bond donors (Lipinski definition) is 1. The van der Waals surface area contributed by atoms with Crippen LogP contribution in [0.3, 0.4) is 0 Å². The Hall–Kier alpha value is -0.990. The summed E-state index contributed by atoms with van der Waals surface area (Å²) in [5.41, 5.74) is 7.58. The van der Waals surface area contributed by atoms with Crippen molar-refractivity contribution in [1.82, 2.24) is 9.55 Å². The quantitative estimate of drug-likeness (QED) is 0.883. The van der Waals surface area contributed by atoms with Crippen LogP contribution in [-0.2, 0) is 6.54 Å². The number of nitrogen functional groups attached to an aromatic ring is 1. The number of anilines is 1. The highest BCUT2D eigenvalue weighted by molar-refractivity contribution is 5.42. The standard InChI is InChI=1S/C15H25N3/c1-2-18-14(16)13(11-7-3-4-8-11)17-15(18)12-9-5-6-10-12/h11-12H,2-10,16H2,1H3. The molecule has 0 bridgehead atoms. The fourth-order valence-corrected chi connectivity index (χ4v) is 3.83. The first-order chi connectivity index (χ1) is 8.81. The molecule has 1 aromatic rings. The molecule has 0 saturated heterocycles. The van der Waals surface area contributed by atoms with Gasteiger partial charge >= 0.3 is 0 Å². The Labute approximate surface area is 110 Å². The third kappa shape index (κ3) is 1.94. The van der Waals surface area contributed by atoms with Gasteiger partial charge in [-0.1, -0.05) is 25.7 Å². The van der Waals surface area contributed by atoms with Crippen molar-refractivity contribution < 1.29 is 0 Å². The summed E-state index contributed by atoms with van der Waals surface area (Å²) in [6.07, 6.45) is 10.6. The fraction of sp³-hybridized carbons (Fsp3) is 0.800. The maximum absolute atomic E-state index is 6.36. The van der Waals surface area contributed by atoms with Crippen LogP contribution in [0.25, 0.3) is 0 Å². The minimum Gasteiger partial charge on any atom is -0.384 e. The molecule has 0 atom stereocenters. The van der Waals surface area contributed by atoms with Gasteiger partial charge in [0.15, 0.2) is 0 Å². The lowest BCUT2D eigenvalue weighted by Gasteiger charge is -2.11. The smallest absolute Gasteiger partial charge is 0.127 e. The van der Waals surface area contributed by atoms with E-state index in [9.17, 15) is 0 Å². The Morgan fingerprint density at radius 3 is 2.17 bits per heavy atom. The third-order valence-corrected chi connectivity index (χ3v) is 4.84. The van der Waals surface area contributed by atoms with Crippen molar-refractivity contribution >= 4 is 5.82 Å². The number of nitrogens with zero attached hydrogens (tertiary/aromatic N) is 2. The molecule has 2 fully saturated rings. The Balaban J connectivity index is 1.94. The molecule has 1 heterocycles. The van der Waals surface area contributed by atoms with E-state index in [0.29, 0.717) is 11.8 Å². The minimum atomic E-state index is 0.637. The lowest BCUT2D eigenvalue weighted by atomic mass is 10.0. The van der Waals surface area contributed by atoms with Gasteiger partial charge in [0.2, 0.25) is 0 Å². The summed E-state index contributed by atoms with van der Waals surface area (Å²) in [5.74, 6) is 3.56. The number of hydrogen-bond acceptors (Lipinski definition) is 2. The van der Waals surface area contributed by atoms with Crippen molar-refractivity contribution in [1.29, 1.82) is 0 Å². The molecule has 2 saturated carbocycles. The average molecular weight is 247 g/mol. The van der Waals surface area contributed by atoms with E-state index in [1.165, 1.54) is 62.9 Å². The van der Waals surface area contributed by atoms with Crippen LogP contribution in [0.5, 0.6) is 0 Å². The van der Waals surface area contributed by atoms with E-state index in [4.69, 9.17) is 10.7 Å². The van der Waals surface area contributed by atoms with Crippen molar-refractivity contribution in [2.75, 3.05) is 5.73 Å². The Kier molecular flexibility index (Phi) is 3.31. The molecule has 2 aliphatic carbocycles. The molecule has 0 radical (unpaired) electrons. The molecule has 18 heavy (non-hydrogen) atoms. The van der Waals surface area contributed by atoms with E-state index in [0.717, 1.165) is 12.4 Å². The summed E-state index contributed by atoms with van der Waals surface area (Å²) in [6, 6.07) is 0. The summed E-state index contributed by atoms with van der Waals surface area (Å²) < 4.78 is 2.28. The van der Waals surface area contributed by atoms with Crippen LogP contribution in [0.2, 0.25) is 0 Å². The van der Waals surface area contributed by atoms with Crippen LogP contribution in [0.4, 0.5) is 5.82 Å². The summed E-state index contributed by atoms with van der Waals surface area (Å²) in [4.78, 5) is 4.98. The van der Waals surface area contributed by atoms with Crippen molar-refractivity contribution in [2.24, 2.45) is 0 Å². The van der Waals surface area contributed by atoms with E-state index >= 15 is 0 Å². The highest BCUT2D eigenvalue weighted by Gasteiger charge is 2.28. The second-order valence-corrected chi connectivity index (χ2v) is 5.95. The predicted octanol–water partition coefficient (Wildman–Crippen LogP) is 3.80. The van der Waals surface area contributed by atoms with Crippen LogP contribution in [-0.4, -0.2) is 9.55 Å². The Morgan fingerprint density at radius 1 is 1.06 bits per heavy atom. The normalized spacial score (nSPS) is 22.1. The van der Waals surface area contributed by atoms with E-state index in [2.05, 4.69) is 11.5 Å². The number of aromatic nitrogens is 2. The zero-order valence-electron chi connectivity index (χ0n) is 11.5. The first kappa shape index (κ1) is 12.1. The topological polar surface area (TPSA) is 43.8 Å². The molecule has 3 nitrogen and oxygen atoms in total. The molecule has 0 aliphatic heterocycles. The number of nitrogens with two attached hydrogens (primary N) is 1. The third-order valence-electron chi connectivity index (χ3n) is 4.84. The van der Waals surface area contributed by atoms with Crippen molar-refractivity contribution in [3.8, 4) is 0 Å². The number of imidazole rings is 1. The largest absolute Gasteiger partial charge is 0.384 e. The van der Waals surface area contributed by atoms with Crippen LogP contribution in [0.1, 0.15) is 81.6 Å². The molecule has 0 aromatic carbocycles. The van der Waals surface area contributed by atoms with Gasteiger partial charge in [0.25, 0.3) is 0 Å². The maximum Gasteiger partial charge on any atom is 0.127 e. The Bertz CT molecular complexity index is 410. The molecule has 2 N–H and O–H groups in total. The lowest BCUT2D eigenvalue weighted by Crippen LogP contribution is -2.08. The van der Waals surface area contributed by atoms with Crippen LogP contribution < -0.4 is 5.73 Å². The molecule has 1 aromatic heterocycles. The summed E-state index contributed by atoms with van der Waals surface area (Å²) in [7, 11) is 0. The second-order valence-electron chi connectivity index (χ2n) is 5.95. The predicted molar refractivity (Wildman–Crippen MR) is 74.7 cm³/mol. The zero-order valence-corrected chi connectivity index (χ0v) is 11.5. The first-order valence-electron chi connectivity index (χ1n) is 7.67. The monoisotopic (exact) mass is 247 g/mol. The van der Waals surface area contributed by atoms with Crippen molar-refractivity contribution in [2.45, 2.75) is 76.7 Å². The molecular weight excluding hydrogens is 222 g/mol. The lowest BCUT2D eigenvalue weighted by molar-refractivity contribution is 0.602. The van der Waals surface area contributed by atoms with Gasteiger partial charge in [-0.15, -0.1) is 0 Å². The molecule has 0 spiro atoms. The highest BCUT2D eigenvalue weighted by Crippen LogP contribution is 2.40. The van der Waals surface area contributed by atoms with Gasteiger partial charge < -0.3 is 10.3 Å². The van der Waals surface area contributed by atoms with Gasteiger partial charge in [0.05, 0.1) is 5.69 Å². The van der Waals surface area contributed by atoms with Gasteiger partial charge in [-0.05, 0) is 32.6 Å². The van der Waals surface area contributed by atoms with Gasteiger partial charge in [-0.25, -0.2) is 4.98 Å². The highest BCUT2D eigenvalue weighted by atomic mass is 15.1. The van der Waals surface area contributed by atoms with Gasteiger partial charge in [-0.3, -0.25) is 0 Å². The van der Waals surface area contributed by atoms with Gasteiger partial charge in [0, 0.05) is 18.4 Å². The molecule has 0 unspecified atom stereocenters. The Morgan fingerprint density at radius 2 is 1.61 bits per heavy atom. The van der Waals surface area contributed by atoms with Crippen LogP contribution >= 0.6 is 0 Å². The minimum absolute atomic E-state index is 0.637. The molecule has 3 rings (SSSR count). The number of rotatable bonds is 3. The average Bonchev–Trinajstić information content (AvgIpc) is 3.09. The van der Waals surface area contributed by atoms with Crippen LogP contribution in [0.15, 0.2) is 0 Å². The molecule has 100 valence electrons. The van der Waals surface area contributed by atoms with E-state index in [-0.39, 0.29) is 0 Å². The summed E-state index contributed by atoms with van der Waals surface area (Å²) in [6.45, 7) is 3.16. The summed E-state index contributed by atoms with van der Waals surface area (Å²) >= 11 is 0. The van der Waals surface area contributed by atoms with Crippen molar-refractivity contribution in [3.05, 3.63) is 11.5 Å². The zero-order chi connectivity index (χ0) is 12.5. The van der Waals surface area contributed by atoms with E-state index < -0.39 is 0 Å². The second kappa shape index (κ2) is 4.94. The van der Waals surface area contributed by atoms with Gasteiger partial charge in [0.1, 0.15) is 11.6 Å². The van der Waals surface area contributed by atoms with Crippen LogP contribution in [0, 0.1) is 0 Å². The SMILES string of the molecule is CCn1c(C2CCCC2)nc(C2CCCC2)c1N. The molecule has 0 amide bonds. The fourth-order valence-electron chi connectivity index (χ4n) is 3.83. The van der Waals surface area contributed by atoms with Gasteiger partial charge in [-0.2, -0.15) is 0 Å². The maximum atomic E-state index is 6.36. The van der Waals surface area contributed by atoms with E-state index in [1.807, 2.05) is 0 Å². The molecular formula is C15H25N3. The first-order valence-corrected chi connectivity index (χ1v) is 7.67. The molecule has 3 heteroatoms. The molecule has 2 aliphatic rings.